The van der Waals surface area contributed by atoms with E-state index >= 15 is 0 Å². The third-order valence-corrected chi connectivity index (χ3v) is 14.5. The minimum absolute atomic E-state index is 0. The standard InChI is InChI=1S/C8H8.2C7H9.2ClH.Zr/c1-2-8-6-4-3-5-7-8;2*1-6-3-4-7(2)5-6;;;/h3-7H,1H3;2*3-4,6H,1-2H3;2*1H;. The van der Waals surface area contributed by atoms with Crippen molar-refractivity contribution in [3.05, 3.63) is 77.9 Å². The second kappa shape index (κ2) is 9.45. The minimum Gasteiger partial charge on any atom is -0.147 e. The summed E-state index contributed by atoms with van der Waals surface area (Å²) < 4.78 is 5.22. The first-order valence-electron chi connectivity index (χ1n) is 8.55. The Labute approximate surface area is 172 Å². The Balaban J connectivity index is 0.00000156. The third-order valence-electron chi connectivity index (χ3n) is 5.15. The molecule has 0 fully saturated rings. The van der Waals surface area contributed by atoms with Crippen LogP contribution in [0.5, 0.6) is 0 Å². The van der Waals surface area contributed by atoms with Crippen LogP contribution >= 0.6 is 24.8 Å². The number of allylic oxidation sites excluding steroid dienone is 8. The van der Waals surface area contributed by atoms with Gasteiger partial charge >= 0.3 is 149 Å². The first-order valence-corrected chi connectivity index (χ1v) is 12.2. The summed E-state index contributed by atoms with van der Waals surface area (Å²) in [7, 11) is 0. The Bertz CT molecular complexity index is 738. The summed E-state index contributed by atoms with van der Waals surface area (Å²) >= 11 is -2.07. The average Bonchev–Trinajstić information content (AvgIpc) is 3.05. The van der Waals surface area contributed by atoms with E-state index in [2.05, 4.69) is 89.3 Å². The van der Waals surface area contributed by atoms with Gasteiger partial charge in [-0.05, 0) is 0 Å². The Morgan fingerprint density at radius 2 is 1.24 bits per heavy atom. The molecule has 2 aliphatic carbocycles. The summed E-state index contributed by atoms with van der Waals surface area (Å²) in [4.78, 5) is 0. The molecule has 2 unspecified atom stereocenters. The molecule has 0 saturated heterocycles. The van der Waals surface area contributed by atoms with Gasteiger partial charge in [0.1, 0.15) is 0 Å². The van der Waals surface area contributed by atoms with E-state index in [1.807, 2.05) is 0 Å². The van der Waals surface area contributed by atoms with Crippen molar-refractivity contribution in [2.45, 2.75) is 34.6 Å². The van der Waals surface area contributed by atoms with Crippen molar-refractivity contribution < 1.29 is 21.3 Å². The minimum atomic E-state index is -2.07. The van der Waals surface area contributed by atoms with Gasteiger partial charge in [0.25, 0.3) is 0 Å². The summed E-state index contributed by atoms with van der Waals surface area (Å²) in [6, 6.07) is 11.1. The molecule has 0 radical (unpaired) electrons. The molecule has 0 nitrogen and oxygen atoms in total. The molecule has 3 heteroatoms. The van der Waals surface area contributed by atoms with Gasteiger partial charge in [-0.25, -0.2) is 0 Å². The monoisotopic (exact) mass is 452 g/mol. The van der Waals surface area contributed by atoms with E-state index in [9.17, 15) is 0 Å². The van der Waals surface area contributed by atoms with Crippen molar-refractivity contribution in [2.75, 3.05) is 0 Å². The molecule has 2 atom stereocenters. The molecular formula is C22H28Cl2Zr. The molecular weight excluding hydrogens is 426 g/mol. The molecule has 0 bridgehead atoms. The quantitative estimate of drug-likeness (QED) is 0.480. The second-order valence-electron chi connectivity index (χ2n) is 6.85. The van der Waals surface area contributed by atoms with E-state index in [1.54, 1.807) is 9.77 Å². The van der Waals surface area contributed by atoms with Gasteiger partial charge in [-0.1, -0.05) is 0 Å². The zero-order chi connectivity index (χ0) is 16.6. The van der Waals surface area contributed by atoms with Gasteiger partial charge in [0.15, 0.2) is 0 Å². The van der Waals surface area contributed by atoms with Gasteiger partial charge < -0.3 is 0 Å². The molecule has 3 rings (SSSR count). The van der Waals surface area contributed by atoms with Crippen molar-refractivity contribution in [1.82, 2.24) is 0 Å². The maximum Gasteiger partial charge on any atom is -0.147 e. The summed E-state index contributed by atoms with van der Waals surface area (Å²) in [6.45, 7) is 11.8. The molecule has 0 aromatic heterocycles. The topological polar surface area (TPSA) is 0 Å². The van der Waals surface area contributed by atoms with Crippen LogP contribution in [-0.4, -0.2) is 3.21 Å². The van der Waals surface area contributed by atoms with Crippen molar-refractivity contribution in [3.8, 4) is 0 Å². The van der Waals surface area contributed by atoms with E-state index in [0.29, 0.717) is 11.8 Å². The van der Waals surface area contributed by atoms with Gasteiger partial charge in [-0.15, -0.1) is 24.8 Å². The molecule has 0 aliphatic heterocycles. The molecule has 0 spiro atoms. The zero-order valence-corrected chi connectivity index (χ0v) is 19.8. The van der Waals surface area contributed by atoms with Crippen LogP contribution in [0.4, 0.5) is 0 Å². The van der Waals surface area contributed by atoms with E-state index < -0.39 is 21.3 Å². The molecule has 2 aliphatic rings. The smallest absolute Gasteiger partial charge is 0.147 e. The molecule has 0 saturated carbocycles. The van der Waals surface area contributed by atoms with Crippen LogP contribution < -0.4 is 0 Å². The van der Waals surface area contributed by atoms with Crippen LogP contribution in [0.2, 0.25) is 0 Å². The Morgan fingerprint density at radius 3 is 1.60 bits per heavy atom. The number of halogens is 2. The van der Waals surface area contributed by atoms with Gasteiger partial charge in [0.05, 0.1) is 0 Å². The molecule has 25 heavy (non-hydrogen) atoms. The first kappa shape index (κ1) is 22.6. The maximum atomic E-state index is 2.40. The van der Waals surface area contributed by atoms with Crippen LogP contribution in [-0.2, 0) is 21.3 Å². The first-order chi connectivity index (χ1) is 11.0. The molecule has 134 valence electrons. The Kier molecular flexibility index (Phi) is 8.52. The van der Waals surface area contributed by atoms with Crippen LogP contribution in [0.25, 0.3) is 0 Å². The van der Waals surface area contributed by atoms with Crippen LogP contribution in [0.15, 0.2) is 72.3 Å². The summed E-state index contributed by atoms with van der Waals surface area (Å²) in [5.74, 6) is 1.22. The summed E-state index contributed by atoms with van der Waals surface area (Å²) in [5, 5.41) is 0. The fourth-order valence-electron chi connectivity index (χ4n) is 3.90. The molecule has 1 aromatic carbocycles. The van der Waals surface area contributed by atoms with E-state index in [0.717, 1.165) is 0 Å². The predicted molar refractivity (Wildman–Crippen MR) is 113 cm³/mol. The van der Waals surface area contributed by atoms with Gasteiger partial charge in [-0.2, -0.15) is 0 Å². The van der Waals surface area contributed by atoms with Crippen LogP contribution in [0, 0.1) is 11.8 Å². The number of rotatable bonds is 3. The Morgan fingerprint density at radius 1 is 0.800 bits per heavy atom. The van der Waals surface area contributed by atoms with E-state index in [4.69, 9.17) is 0 Å². The van der Waals surface area contributed by atoms with Crippen molar-refractivity contribution in [3.63, 3.8) is 0 Å². The summed E-state index contributed by atoms with van der Waals surface area (Å²) in [5.41, 5.74) is 4.50. The largest absolute Gasteiger partial charge is 0.147 e. The van der Waals surface area contributed by atoms with Crippen LogP contribution in [0.3, 0.4) is 0 Å². The van der Waals surface area contributed by atoms with E-state index in [1.165, 1.54) is 16.7 Å². The SMILES string of the molecule is CC1=[C]([Zr]([C]2=C(C)C=CC2C)=[C](C)c2ccccc2)C(C)C=C1.Cl.Cl. The molecule has 0 amide bonds. The molecule has 0 N–H and O–H groups in total. The average molecular weight is 455 g/mol. The zero-order valence-electron chi connectivity index (χ0n) is 15.7. The predicted octanol–water partition coefficient (Wildman–Crippen LogP) is 6.65. The van der Waals surface area contributed by atoms with E-state index in [-0.39, 0.29) is 24.8 Å². The maximum absolute atomic E-state index is 2.40. The molecule has 0 heterocycles. The fourth-order valence-corrected chi connectivity index (χ4v) is 12.8. The van der Waals surface area contributed by atoms with Crippen molar-refractivity contribution in [2.24, 2.45) is 11.8 Å². The Hall–Kier alpha value is -0.487. The fraction of sp³-hybridized carbons (Fsp3) is 0.318. The second-order valence-corrected chi connectivity index (χ2v) is 13.2. The third kappa shape index (κ3) is 4.44. The normalized spacial score (nSPS) is 21.3. The molecule has 1 aromatic rings. The number of hydrogen-bond donors (Lipinski definition) is 0. The van der Waals surface area contributed by atoms with Crippen LogP contribution in [0.1, 0.15) is 40.2 Å². The number of benzene rings is 1. The van der Waals surface area contributed by atoms with Crippen molar-refractivity contribution in [1.29, 1.82) is 0 Å². The van der Waals surface area contributed by atoms with Crippen molar-refractivity contribution >= 4 is 28.0 Å². The summed E-state index contributed by atoms with van der Waals surface area (Å²) in [6.07, 6.45) is 9.49. The van der Waals surface area contributed by atoms with Gasteiger partial charge in [0, 0.05) is 0 Å². The van der Waals surface area contributed by atoms with Gasteiger partial charge in [-0.3, -0.25) is 0 Å². The van der Waals surface area contributed by atoms with Gasteiger partial charge in [0.2, 0.25) is 0 Å². The number of hydrogen-bond acceptors (Lipinski definition) is 0.